The van der Waals surface area contributed by atoms with E-state index in [-0.39, 0.29) is 6.54 Å². The van der Waals surface area contributed by atoms with Crippen LogP contribution in [0.25, 0.3) is 0 Å². The van der Waals surface area contributed by atoms with E-state index in [9.17, 15) is 23.1 Å². The van der Waals surface area contributed by atoms with Gasteiger partial charge >= 0.3 is 6.18 Å². The molecule has 0 fully saturated rings. The van der Waals surface area contributed by atoms with Crippen LogP contribution >= 0.6 is 0 Å². The van der Waals surface area contributed by atoms with Gasteiger partial charge in [-0.15, -0.1) is 0 Å². The number of carbonyl (C=O) groups excluding carboxylic acids is 1. The van der Waals surface area contributed by atoms with Crippen molar-refractivity contribution in [1.82, 2.24) is 4.98 Å². The van der Waals surface area contributed by atoms with Crippen molar-refractivity contribution in [2.24, 2.45) is 0 Å². The van der Waals surface area contributed by atoms with E-state index in [4.69, 9.17) is 0 Å². The third-order valence-electron chi connectivity index (χ3n) is 6.00. The van der Waals surface area contributed by atoms with Crippen molar-refractivity contribution in [2.75, 3.05) is 11.4 Å². The maximum atomic E-state index is 13.3. The fourth-order valence-corrected chi connectivity index (χ4v) is 4.16. The van der Waals surface area contributed by atoms with Gasteiger partial charge in [0.1, 0.15) is 5.69 Å². The average Bonchev–Trinajstić information content (AvgIpc) is 2.83. The Labute approximate surface area is 190 Å². The number of alkyl halides is 3. The van der Waals surface area contributed by atoms with Crippen molar-refractivity contribution in [3.8, 4) is 0 Å². The summed E-state index contributed by atoms with van der Waals surface area (Å²) in [6, 6.07) is 16.9. The zero-order chi connectivity index (χ0) is 23.4. The number of aromatic nitrogens is 1. The predicted molar refractivity (Wildman–Crippen MR) is 120 cm³/mol. The summed E-state index contributed by atoms with van der Waals surface area (Å²) in [6.07, 6.45) is -0.169. The van der Waals surface area contributed by atoms with Crippen LogP contribution in [0, 0.1) is 0 Å². The second-order valence-electron chi connectivity index (χ2n) is 8.26. The fraction of sp³-hybridized carbons (Fsp3) is 0.308. The van der Waals surface area contributed by atoms with Gasteiger partial charge in [-0.2, -0.15) is 13.2 Å². The lowest BCUT2D eigenvalue weighted by Gasteiger charge is -2.27. The molecule has 0 saturated heterocycles. The monoisotopic (exact) mass is 454 g/mol. The van der Waals surface area contributed by atoms with Crippen LogP contribution in [-0.4, -0.2) is 22.5 Å². The van der Waals surface area contributed by atoms with E-state index in [0.717, 1.165) is 31.7 Å². The number of hydrogen-bond donors (Lipinski definition) is 1. The standard InChI is InChI=1S/C26H25F3N2O2/c27-26(28,29)23-13-10-18(17-30-23)14-15-31(25(33)24(32)20-7-2-1-3-8-20)22-12-11-19-6-4-5-9-21(19)16-22/h1-3,7-8,10-13,16-17,24,32H,4-6,9,14-15H2/t24-/m1/s1. The number of anilines is 1. The first-order valence-electron chi connectivity index (χ1n) is 11.0. The van der Waals surface area contributed by atoms with Crippen molar-refractivity contribution in [3.05, 3.63) is 94.8 Å². The molecular formula is C26H25F3N2O2. The minimum Gasteiger partial charge on any atom is -0.378 e. The second kappa shape index (κ2) is 9.75. The number of aliphatic hydroxyl groups excluding tert-OH is 1. The lowest BCUT2D eigenvalue weighted by atomic mass is 9.91. The number of amides is 1. The Morgan fingerprint density at radius 3 is 2.39 bits per heavy atom. The number of carbonyl (C=O) groups is 1. The van der Waals surface area contributed by atoms with E-state index >= 15 is 0 Å². The molecule has 33 heavy (non-hydrogen) atoms. The van der Waals surface area contributed by atoms with E-state index in [1.54, 1.807) is 30.3 Å². The summed E-state index contributed by atoms with van der Waals surface area (Å²) < 4.78 is 38.4. The summed E-state index contributed by atoms with van der Waals surface area (Å²) in [5.41, 5.74) is 3.26. The molecule has 0 unspecified atom stereocenters. The van der Waals surface area contributed by atoms with Gasteiger partial charge in [-0.25, -0.2) is 0 Å². The minimum atomic E-state index is -4.50. The van der Waals surface area contributed by atoms with Gasteiger partial charge < -0.3 is 10.0 Å². The number of halogens is 3. The number of nitrogens with zero attached hydrogens (tertiary/aromatic N) is 2. The fourth-order valence-electron chi connectivity index (χ4n) is 4.16. The number of fused-ring (bicyclic) bond motifs is 1. The highest BCUT2D eigenvalue weighted by Gasteiger charge is 2.32. The lowest BCUT2D eigenvalue weighted by Crippen LogP contribution is -2.37. The van der Waals surface area contributed by atoms with Crippen molar-refractivity contribution in [2.45, 2.75) is 44.4 Å². The molecule has 1 aliphatic rings. The highest BCUT2D eigenvalue weighted by Crippen LogP contribution is 2.29. The van der Waals surface area contributed by atoms with E-state index in [0.29, 0.717) is 23.2 Å². The zero-order valence-corrected chi connectivity index (χ0v) is 18.1. The van der Waals surface area contributed by atoms with E-state index in [1.165, 1.54) is 28.3 Å². The molecule has 1 amide bonds. The topological polar surface area (TPSA) is 53.4 Å². The van der Waals surface area contributed by atoms with Gasteiger partial charge in [0.2, 0.25) is 0 Å². The molecule has 1 N–H and O–H groups in total. The second-order valence-corrected chi connectivity index (χ2v) is 8.26. The molecule has 0 radical (unpaired) electrons. The molecule has 4 rings (SSSR count). The highest BCUT2D eigenvalue weighted by molar-refractivity contribution is 5.97. The summed E-state index contributed by atoms with van der Waals surface area (Å²) in [6.45, 7) is 0.203. The van der Waals surface area contributed by atoms with Crippen LogP contribution in [0.5, 0.6) is 0 Å². The maximum Gasteiger partial charge on any atom is 0.433 e. The molecule has 172 valence electrons. The van der Waals surface area contributed by atoms with Crippen LogP contribution in [0.3, 0.4) is 0 Å². The number of rotatable bonds is 6. The molecule has 4 nitrogen and oxygen atoms in total. The predicted octanol–water partition coefficient (Wildman–Crippen LogP) is 5.29. The van der Waals surface area contributed by atoms with Gasteiger partial charge in [0.05, 0.1) is 0 Å². The molecule has 0 spiro atoms. The summed E-state index contributed by atoms with van der Waals surface area (Å²) in [5, 5.41) is 10.8. The molecule has 0 saturated carbocycles. The summed E-state index contributed by atoms with van der Waals surface area (Å²) in [5.74, 6) is -0.475. The Morgan fingerprint density at radius 1 is 1.00 bits per heavy atom. The highest BCUT2D eigenvalue weighted by atomic mass is 19.4. The molecule has 1 atom stereocenters. The first kappa shape index (κ1) is 23.0. The molecule has 2 aromatic carbocycles. The third-order valence-corrected chi connectivity index (χ3v) is 6.00. The molecule has 3 aromatic rings. The SMILES string of the molecule is O=C([C@H](O)c1ccccc1)N(CCc1ccc(C(F)(F)F)nc1)c1ccc2c(c1)CCCC2. The Hall–Kier alpha value is -3.19. The number of hydrogen-bond acceptors (Lipinski definition) is 3. The number of pyridine rings is 1. The normalized spacial score (nSPS) is 14.4. The first-order valence-corrected chi connectivity index (χ1v) is 11.0. The van der Waals surface area contributed by atoms with Crippen LogP contribution in [0.1, 0.15) is 46.9 Å². The number of benzene rings is 2. The van der Waals surface area contributed by atoms with Crippen molar-refractivity contribution >= 4 is 11.6 Å². The number of aliphatic hydroxyl groups is 1. The maximum absolute atomic E-state index is 13.3. The average molecular weight is 454 g/mol. The number of aryl methyl sites for hydroxylation is 2. The van der Waals surface area contributed by atoms with Gasteiger partial charge in [0.25, 0.3) is 5.91 Å². The van der Waals surface area contributed by atoms with E-state index in [2.05, 4.69) is 4.98 Å². The van der Waals surface area contributed by atoms with Gasteiger partial charge in [0.15, 0.2) is 6.10 Å². The molecule has 1 aliphatic carbocycles. The minimum absolute atomic E-state index is 0.203. The Balaban J connectivity index is 1.59. The van der Waals surface area contributed by atoms with Gasteiger partial charge in [-0.05, 0) is 72.6 Å². The summed E-state index contributed by atoms with van der Waals surface area (Å²) >= 11 is 0. The van der Waals surface area contributed by atoms with Gasteiger partial charge in [-0.1, -0.05) is 42.5 Å². The molecule has 7 heteroatoms. The van der Waals surface area contributed by atoms with Crippen LogP contribution in [0.2, 0.25) is 0 Å². The molecular weight excluding hydrogens is 429 g/mol. The smallest absolute Gasteiger partial charge is 0.378 e. The largest absolute Gasteiger partial charge is 0.433 e. The summed E-state index contributed by atoms with van der Waals surface area (Å²) in [4.78, 5) is 18.4. The summed E-state index contributed by atoms with van der Waals surface area (Å²) in [7, 11) is 0. The molecule has 0 bridgehead atoms. The lowest BCUT2D eigenvalue weighted by molar-refractivity contribution is -0.141. The van der Waals surface area contributed by atoms with Crippen LogP contribution < -0.4 is 4.90 Å². The van der Waals surface area contributed by atoms with Crippen molar-refractivity contribution in [3.63, 3.8) is 0 Å². The van der Waals surface area contributed by atoms with Crippen LogP contribution in [0.4, 0.5) is 18.9 Å². The zero-order valence-electron chi connectivity index (χ0n) is 18.1. The van der Waals surface area contributed by atoms with Gasteiger partial charge in [-0.3, -0.25) is 9.78 Å². The van der Waals surface area contributed by atoms with E-state index in [1.807, 2.05) is 18.2 Å². The third kappa shape index (κ3) is 5.42. The molecule has 1 heterocycles. The van der Waals surface area contributed by atoms with Gasteiger partial charge in [0, 0.05) is 18.4 Å². The van der Waals surface area contributed by atoms with Crippen molar-refractivity contribution < 1.29 is 23.1 Å². The van der Waals surface area contributed by atoms with Crippen molar-refractivity contribution in [1.29, 1.82) is 0 Å². The first-order chi connectivity index (χ1) is 15.8. The quantitative estimate of drug-likeness (QED) is 0.551. The van der Waals surface area contributed by atoms with Crippen LogP contribution in [0.15, 0.2) is 66.9 Å². The Kier molecular flexibility index (Phi) is 6.79. The Morgan fingerprint density at radius 2 is 1.73 bits per heavy atom. The van der Waals surface area contributed by atoms with E-state index < -0.39 is 23.9 Å². The molecule has 1 aromatic heterocycles. The van der Waals surface area contributed by atoms with Crippen LogP contribution in [-0.2, 0) is 30.2 Å². The Bertz CT molecular complexity index is 1100. The molecule has 0 aliphatic heterocycles.